The Morgan fingerprint density at radius 3 is 2.74 bits per heavy atom. The molecule has 0 aliphatic heterocycles. The van der Waals surface area contributed by atoms with E-state index in [1.54, 1.807) is 13.1 Å². The molecule has 0 unspecified atom stereocenters. The Bertz CT molecular complexity index is 614. The monoisotopic (exact) mass is 298 g/mol. The van der Waals surface area contributed by atoms with Crippen molar-refractivity contribution in [2.75, 3.05) is 12.8 Å². The Balaban J connectivity index is 2.14. The number of thiophene rings is 1. The molecule has 0 saturated heterocycles. The van der Waals surface area contributed by atoms with Gasteiger partial charge in [-0.2, -0.15) is 0 Å². The third-order valence-electron chi connectivity index (χ3n) is 2.61. The minimum atomic E-state index is -0.457. The predicted molar refractivity (Wildman–Crippen MR) is 75.9 cm³/mol. The molecule has 2 N–H and O–H groups in total. The van der Waals surface area contributed by atoms with E-state index in [1.807, 2.05) is 6.07 Å². The molecule has 3 nitrogen and oxygen atoms in total. The van der Waals surface area contributed by atoms with Crippen LogP contribution in [-0.4, -0.2) is 17.9 Å². The van der Waals surface area contributed by atoms with Crippen molar-refractivity contribution in [3.8, 4) is 0 Å². The lowest BCUT2D eigenvalue weighted by molar-refractivity contribution is 0.0787. The van der Waals surface area contributed by atoms with Crippen molar-refractivity contribution in [3.63, 3.8) is 0 Å². The maximum Gasteiger partial charge on any atom is 0.256 e. The zero-order valence-corrected chi connectivity index (χ0v) is 11.8. The van der Waals surface area contributed by atoms with Crippen LogP contribution in [0.15, 0.2) is 30.3 Å². The van der Waals surface area contributed by atoms with Gasteiger partial charge in [0.05, 0.1) is 16.4 Å². The summed E-state index contributed by atoms with van der Waals surface area (Å²) in [5.41, 5.74) is 6.09. The molecular formula is C13H12ClFN2OS. The van der Waals surface area contributed by atoms with Gasteiger partial charge in [-0.25, -0.2) is 4.39 Å². The molecule has 1 heterocycles. The van der Waals surface area contributed by atoms with Gasteiger partial charge in [0.25, 0.3) is 5.91 Å². The Morgan fingerprint density at radius 1 is 1.42 bits per heavy atom. The Morgan fingerprint density at radius 2 is 2.16 bits per heavy atom. The largest absolute Gasteiger partial charge is 0.398 e. The molecule has 1 amide bonds. The molecule has 0 spiro atoms. The average molecular weight is 299 g/mol. The van der Waals surface area contributed by atoms with Crippen molar-refractivity contribution in [3.05, 3.63) is 50.9 Å². The van der Waals surface area contributed by atoms with Crippen LogP contribution in [0.25, 0.3) is 0 Å². The summed E-state index contributed by atoms with van der Waals surface area (Å²) in [6.07, 6.45) is 0. The molecule has 6 heteroatoms. The van der Waals surface area contributed by atoms with E-state index in [9.17, 15) is 9.18 Å². The van der Waals surface area contributed by atoms with Gasteiger partial charge in [-0.3, -0.25) is 4.79 Å². The lowest BCUT2D eigenvalue weighted by Crippen LogP contribution is -2.26. The van der Waals surface area contributed by atoms with Crippen molar-refractivity contribution in [2.45, 2.75) is 6.54 Å². The smallest absolute Gasteiger partial charge is 0.256 e. The number of carbonyl (C=O) groups is 1. The van der Waals surface area contributed by atoms with Crippen molar-refractivity contribution < 1.29 is 9.18 Å². The highest BCUT2D eigenvalue weighted by Gasteiger charge is 2.16. The number of amides is 1. The van der Waals surface area contributed by atoms with Crippen molar-refractivity contribution in [2.24, 2.45) is 0 Å². The first-order valence-corrected chi connectivity index (χ1v) is 6.71. The van der Waals surface area contributed by atoms with Crippen molar-refractivity contribution in [1.29, 1.82) is 0 Å². The summed E-state index contributed by atoms with van der Waals surface area (Å²) >= 11 is 7.25. The first kappa shape index (κ1) is 13.8. The van der Waals surface area contributed by atoms with Crippen LogP contribution in [0.3, 0.4) is 0 Å². The number of nitrogens with zero attached hydrogens (tertiary/aromatic N) is 1. The van der Waals surface area contributed by atoms with Crippen LogP contribution in [-0.2, 0) is 6.54 Å². The summed E-state index contributed by atoms with van der Waals surface area (Å²) in [5, 5.41) is 0. The maximum absolute atomic E-state index is 12.9. The second kappa shape index (κ2) is 5.59. The predicted octanol–water partition coefficient (Wildman–Crippen LogP) is 3.40. The van der Waals surface area contributed by atoms with Gasteiger partial charge in [-0.05, 0) is 30.3 Å². The average Bonchev–Trinajstić information content (AvgIpc) is 2.74. The summed E-state index contributed by atoms with van der Waals surface area (Å²) in [6, 6.07) is 7.41. The van der Waals surface area contributed by atoms with E-state index in [2.05, 4.69) is 0 Å². The van der Waals surface area contributed by atoms with Crippen LogP contribution in [0.1, 0.15) is 15.2 Å². The summed E-state index contributed by atoms with van der Waals surface area (Å²) in [5.74, 6) is -0.705. The first-order valence-electron chi connectivity index (χ1n) is 5.52. The van der Waals surface area contributed by atoms with Gasteiger partial charge in [0.2, 0.25) is 0 Å². The van der Waals surface area contributed by atoms with E-state index < -0.39 is 5.82 Å². The first-order chi connectivity index (χ1) is 8.97. The summed E-state index contributed by atoms with van der Waals surface area (Å²) < 4.78 is 13.6. The van der Waals surface area contributed by atoms with E-state index in [4.69, 9.17) is 17.3 Å². The van der Waals surface area contributed by atoms with Gasteiger partial charge in [-0.15, -0.1) is 11.3 Å². The fourth-order valence-electron chi connectivity index (χ4n) is 1.68. The van der Waals surface area contributed by atoms with Gasteiger partial charge in [-0.1, -0.05) is 11.6 Å². The molecule has 19 heavy (non-hydrogen) atoms. The zero-order valence-electron chi connectivity index (χ0n) is 10.2. The van der Waals surface area contributed by atoms with Crippen LogP contribution in [0.4, 0.5) is 10.1 Å². The number of halogens is 2. The minimum Gasteiger partial charge on any atom is -0.398 e. The Labute approximate surface area is 119 Å². The standard InChI is InChI=1S/C13H12ClFN2OS/c1-17(7-9-3-5-12(14)19-9)13(18)10-4-2-8(15)6-11(10)16/h2-6H,7,16H2,1H3. The van der Waals surface area contributed by atoms with E-state index >= 15 is 0 Å². The number of nitrogens with two attached hydrogens (primary N) is 1. The summed E-state index contributed by atoms with van der Waals surface area (Å²) in [4.78, 5) is 14.7. The lowest BCUT2D eigenvalue weighted by Gasteiger charge is -2.17. The number of hydrogen-bond acceptors (Lipinski definition) is 3. The number of anilines is 1. The Hall–Kier alpha value is -1.59. The van der Waals surface area contributed by atoms with E-state index in [0.29, 0.717) is 16.4 Å². The lowest BCUT2D eigenvalue weighted by atomic mass is 10.1. The fraction of sp³-hybridized carbons (Fsp3) is 0.154. The van der Waals surface area contributed by atoms with E-state index in [-0.39, 0.29) is 11.6 Å². The van der Waals surface area contributed by atoms with Gasteiger partial charge in [0.15, 0.2) is 0 Å². The molecular weight excluding hydrogens is 287 g/mol. The highest BCUT2D eigenvalue weighted by molar-refractivity contribution is 7.16. The summed E-state index contributed by atoms with van der Waals surface area (Å²) in [6.45, 7) is 0.438. The third-order valence-corrected chi connectivity index (χ3v) is 3.83. The highest BCUT2D eigenvalue weighted by Crippen LogP contribution is 2.23. The summed E-state index contributed by atoms with van der Waals surface area (Å²) in [7, 11) is 1.67. The number of carbonyl (C=O) groups excluding carboxylic acids is 1. The molecule has 0 aliphatic carbocycles. The minimum absolute atomic E-state index is 0.140. The van der Waals surface area contributed by atoms with Crippen molar-refractivity contribution >= 4 is 34.5 Å². The molecule has 100 valence electrons. The maximum atomic E-state index is 12.9. The van der Waals surface area contributed by atoms with E-state index in [0.717, 1.165) is 10.9 Å². The molecule has 0 saturated carbocycles. The van der Waals surface area contributed by atoms with Crippen molar-refractivity contribution in [1.82, 2.24) is 4.90 Å². The SMILES string of the molecule is CN(Cc1ccc(Cl)s1)C(=O)c1ccc(F)cc1N. The highest BCUT2D eigenvalue weighted by atomic mass is 35.5. The molecule has 0 radical (unpaired) electrons. The number of hydrogen-bond donors (Lipinski definition) is 1. The molecule has 0 fully saturated rings. The molecule has 0 bridgehead atoms. The van der Waals surface area contributed by atoms with Crippen LogP contribution < -0.4 is 5.73 Å². The van der Waals surface area contributed by atoms with Gasteiger partial charge in [0.1, 0.15) is 5.82 Å². The Kier molecular flexibility index (Phi) is 4.07. The molecule has 0 atom stereocenters. The third kappa shape index (κ3) is 3.24. The number of benzene rings is 1. The molecule has 2 aromatic rings. The van der Waals surface area contributed by atoms with Gasteiger partial charge < -0.3 is 10.6 Å². The zero-order chi connectivity index (χ0) is 14.0. The van der Waals surface area contributed by atoms with Gasteiger partial charge in [0, 0.05) is 17.6 Å². The number of nitrogen functional groups attached to an aromatic ring is 1. The normalized spacial score (nSPS) is 10.5. The van der Waals surface area contributed by atoms with E-state index in [1.165, 1.54) is 28.4 Å². The van der Waals surface area contributed by atoms with Crippen LogP contribution in [0.2, 0.25) is 4.34 Å². The van der Waals surface area contributed by atoms with Gasteiger partial charge >= 0.3 is 0 Å². The quantitative estimate of drug-likeness (QED) is 0.883. The molecule has 2 rings (SSSR count). The second-order valence-electron chi connectivity index (χ2n) is 4.10. The molecule has 1 aromatic carbocycles. The second-order valence-corrected chi connectivity index (χ2v) is 5.90. The van der Waals surface area contributed by atoms with Crippen LogP contribution in [0.5, 0.6) is 0 Å². The van der Waals surface area contributed by atoms with Crippen LogP contribution in [0, 0.1) is 5.82 Å². The molecule has 0 aliphatic rings. The fourth-order valence-corrected chi connectivity index (χ4v) is 2.82. The topological polar surface area (TPSA) is 46.3 Å². The molecule has 1 aromatic heterocycles. The van der Waals surface area contributed by atoms with Crippen LogP contribution >= 0.6 is 22.9 Å². The number of rotatable bonds is 3.